The minimum atomic E-state index is -0.501. The molecule has 3 nitrogen and oxygen atoms in total. The lowest BCUT2D eigenvalue weighted by atomic mass is 10.6. The van der Waals surface area contributed by atoms with Crippen LogP contribution in [-0.4, -0.2) is 24.3 Å². The van der Waals surface area contributed by atoms with Crippen LogP contribution in [0.5, 0.6) is 0 Å². The molecule has 0 fully saturated rings. The van der Waals surface area contributed by atoms with Crippen molar-refractivity contribution in [2.45, 2.75) is 27.7 Å². The number of aliphatic hydroxyl groups is 1. The van der Waals surface area contributed by atoms with Crippen LogP contribution in [0.15, 0.2) is 63.3 Å². The summed E-state index contributed by atoms with van der Waals surface area (Å²) >= 11 is 0. The van der Waals surface area contributed by atoms with Gasteiger partial charge in [0.05, 0.1) is 6.61 Å². The Morgan fingerprint density at radius 3 is 1.30 bits per heavy atom. The van der Waals surface area contributed by atoms with E-state index in [4.69, 9.17) is 5.11 Å². The first-order valence-corrected chi connectivity index (χ1v) is 6.15. The number of ether oxygens (including phenoxy) is 1. The topological polar surface area (TPSA) is 46.5 Å². The Hall–Kier alpha value is -1.87. The minimum absolute atomic E-state index is 0.0465. The number of hydrogen-bond acceptors (Lipinski definition) is 3. The fourth-order valence-corrected chi connectivity index (χ4v) is 0.205. The summed E-state index contributed by atoms with van der Waals surface area (Å²) in [4.78, 5) is 10.1. The Morgan fingerprint density at radius 1 is 0.900 bits per heavy atom. The standard InChI is InChI=1S/C5H8O3.4C3H6/c1-2-5(7)8-4-3-6;4*1-3-2/h2,6H,1,3-4H2;4*3H,1H2,2H3. The van der Waals surface area contributed by atoms with Crippen molar-refractivity contribution < 1.29 is 14.6 Å². The molecule has 0 aliphatic heterocycles. The zero-order chi connectivity index (χ0) is 17.2. The van der Waals surface area contributed by atoms with Gasteiger partial charge in [0.2, 0.25) is 0 Å². The second-order valence-electron chi connectivity index (χ2n) is 2.73. The first-order valence-electron chi connectivity index (χ1n) is 6.15. The zero-order valence-corrected chi connectivity index (χ0v) is 13.6. The molecule has 0 aromatic rings. The molecule has 0 unspecified atom stereocenters. The number of hydrogen-bond donors (Lipinski definition) is 1. The van der Waals surface area contributed by atoms with Gasteiger partial charge in [0.25, 0.3) is 0 Å². The summed E-state index contributed by atoms with van der Waals surface area (Å²) in [6.45, 7) is 24.1. The molecule has 3 heteroatoms. The quantitative estimate of drug-likeness (QED) is 0.472. The molecule has 0 saturated carbocycles. The SMILES string of the molecule is C=CC.C=CC.C=CC.C=CC.C=CC(=O)OCCO. The molecule has 0 aromatic carbocycles. The van der Waals surface area contributed by atoms with E-state index in [1.54, 1.807) is 24.3 Å². The summed E-state index contributed by atoms with van der Waals surface area (Å²) in [6, 6.07) is 0. The first kappa shape index (κ1) is 30.9. The maximum Gasteiger partial charge on any atom is 0.330 e. The lowest BCUT2D eigenvalue weighted by molar-refractivity contribution is -0.138. The summed E-state index contributed by atoms with van der Waals surface area (Å²) in [7, 11) is 0. The molecule has 118 valence electrons. The van der Waals surface area contributed by atoms with E-state index in [1.807, 2.05) is 27.7 Å². The normalized spacial score (nSPS) is 5.85. The lowest BCUT2D eigenvalue weighted by Crippen LogP contribution is -2.04. The van der Waals surface area contributed by atoms with E-state index in [1.165, 1.54) is 0 Å². The number of rotatable bonds is 3. The summed E-state index contributed by atoms with van der Waals surface area (Å²) in [5.74, 6) is -0.501. The molecule has 0 spiro atoms. The van der Waals surface area contributed by atoms with Crippen molar-refractivity contribution in [2.24, 2.45) is 0 Å². The van der Waals surface area contributed by atoms with Crippen LogP contribution in [-0.2, 0) is 9.53 Å². The van der Waals surface area contributed by atoms with E-state index < -0.39 is 5.97 Å². The monoisotopic (exact) mass is 284 g/mol. The molecular formula is C17H32O3. The second-order valence-corrected chi connectivity index (χ2v) is 2.73. The third-order valence-corrected chi connectivity index (χ3v) is 0.502. The van der Waals surface area contributed by atoms with Gasteiger partial charge in [0, 0.05) is 6.08 Å². The maximum atomic E-state index is 10.1. The van der Waals surface area contributed by atoms with Gasteiger partial charge in [-0.2, -0.15) is 0 Å². The maximum absolute atomic E-state index is 10.1. The predicted molar refractivity (Wildman–Crippen MR) is 91.7 cm³/mol. The second kappa shape index (κ2) is 53.5. The molecule has 0 aliphatic rings. The zero-order valence-electron chi connectivity index (χ0n) is 13.6. The summed E-state index contributed by atoms with van der Waals surface area (Å²) in [5.41, 5.74) is 0. The van der Waals surface area contributed by atoms with Crippen LogP contribution in [0.4, 0.5) is 0 Å². The Bertz CT molecular complexity index is 194. The Balaban J connectivity index is -0.0000000527. The van der Waals surface area contributed by atoms with Crippen molar-refractivity contribution in [3.8, 4) is 0 Å². The number of carbonyl (C=O) groups is 1. The van der Waals surface area contributed by atoms with Gasteiger partial charge in [0.1, 0.15) is 6.61 Å². The third kappa shape index (κ3) is 216. The molecule has 0 heterocycles. The molecule has 0 atom stereocenters. The third-order valence-electron chi connectivity index (χ3n) is 0.502. The number of allylic oxidation sites excluding steroid dienone is 4. The highest BCUT2D eigenvalue weighted by Gasteiger charge is 1.90. The summed E-state index contributed by atoms with van der Waals surface area (Å²) in [6.07, 6.45) is 8.05. The molecule has 0 amide bonds. The molecule has 0 bridgehead atoms. The fourth-order valence-electron chi connectivity index (χ4n) is 0.205. The number of aliphatic hydroxyl groups excluding tert-OH is 1. The van der Waals surface area contributed by atoms with E-state index in [9.17, 15) is 4.79 Å². The predicted octanol–water partition coefficient (Wildman–Crippen LogP) is 4.48. The highest BCUT2D eigenvalue weighted by molar-refractivity contribution is 5.81. The smallest absolute Gasteiger partial charge is 0.330 e. The van der Waals surface area contributed by atoms with Gasteiger partial charge < -0.3 is 9.84 Å². The van der Waals surface area contributed by atoms with E-state index in [2.05, 4.69) is 37.6 Å². The van der Waals surface area contributed by atoms with Crippen LogP contribution in [0, 0.1) is 0 Å². The Labute approximate surface area is 125 Å². The number of carbonyl (C=O) groups excluding carboxylic acids is 1. The highest BCUT2D eigenvalue weighted by Crippen LogP contribution is 1.75. The molecule has 0 rings (SSSR count). The minimum Gasteiger partial charge on any atom is -0.460 e. The van der Waals surface area contributed by atoms with Gasteiger partial charge in [0.15, 0.2) is 0 Å². The van der Waals surface area contributed by atoms with Crippen molar-refractivity contribution in [1.29, 1.82) is 0 Å². The molecule has 0 aliphatic carbocycles. The largest absolute Gasteiger partial charge is 0.460 e. The molecule has 0 radical (unpaired) electrons. The van der Waals surface area contributed by atoms with Gasteiger partial charge in [-0.1, -0.05) is 30.9 Å². The Kier molecular flexibility index (Phi) is 82.5. The average molecular weight is 284 g/mol. The summed E-state index contributed by atoms with van der Waals surface area (Å²) in [5, 5.41) is 8.10. The van der Waals surface area contributed by atoms with Gasteiger partial charge in [-0.3, -0.25) is 0 Å². The first-order chi connectivity index (χ1) is 9.46. The molecule has 20 heavy (non-hydrogen) atoms. The van der Waals surface area contributed by atoms with E-state index in [0.29, 0.717) is 0 Å². The molecule has 0 saturated heterocycles. The van der Waals surface area contributed by atoms with E-state index in [-0.39, 0.29) is 13.2 Å². The van der Waals surface area contributed by atoms with Crippen LogP contribution < -0.4 is 0 Å². The van der Waals surface area contributed by atoms with Gasteiger partial charge >= 0.3 is 5.97 Å². The van der Waals surface area contributed by atoms with Crippen LogP contribution >= 0.6 is 0 Å². The van der Waals surface area contributed by atoms with Crippen LogP contribution in [0.2, 0.25) is 0 Å². The number of esters is 1. The van der Waals surface area contributed by atoms with Gasteiger partial charge in [-0.05, 0) is 27.7 Å². The summed E-state index contributed by atoms with van der Waals surface area (Å²) < 4.78 is 4.33. The van der Waals surface area contributed by atoms with Crippen LogP contribution in [0.3, 0.4) is 0 Å². The molecule has 1 N–H and O–H groups in total. The van der Waals surface area contributed by atoms with Gasteiger partial charge in [-0.15, -0.1) is 26.3 Å². The van der Waals surface area contributed by atoms with Crippen molar-refractivity contribution in [3.63, 3.8) is 0 Å². The van der Waals surface area contributed by atoms with E-state index in [0.717, 1.165) is 6.08 Å². The fraction of sp³-hybridized carbons (Fsp3) is 0.353. The van der Waals surface area contributed by atoms with Crippen LogP contribution in [0.1, 0.15) is 27.7 Å². The molecular weight excluding hydrogens is 252 g/mol. The highest BCUT2D eigenvalue weighted by atomic mass is 16.5. The average Bonchev–Trinajstić information content (AvgIpc) is 2.39. The van der Waals surface area contributed by atoms with Crippen molar-refractivity contribution in [1.82, 2.24) is 0 Å². The lowest BCUT2D eigenvalue weighted by Gasteiger charge is -1.94. The van der Waals surface area contributed by atoms with Crippen molar-refractivity contribution >= 4 is 5.97 Å². The van der Waals surface area contributed by atoms with Gasteiger partial charge in [-0.25, -0.2) is 4.79 Å². The van der Waals surface area contributed by atoms with E-state index >= 15 is 0 Å². The van der Waals surface area contributed by atoms with Crippen molar-refractivity contribution in [2.75, 3.05) is 13.2 Å². The Morgan fingerprint density at radius 2 is 1.15 bits per heavy atom. The van der Waals surface area contributed by atoms with Crippen molar-refractivity contribution in [3.05, 3.63) is 63.3 Å². The molecule has 0 aromatic heterocycles. The van der Waals surface area contributed by atoms with Crippen LogP contribution in [0.25, 0.3) is 0 Å².